The van der Waals surface area contributed by atoms with E-state index in [4.69, 9.17) is 9.84 Å². The summed E-state index contributed by atoms with van der Waals surface area (Å²) in [5.41, 5.74) is 1.90. The number of benzene rings is 1. The van der Waals surface area contributed by atoms with Gasteiger partial charge in [0.05, 0.1) is 5.56 Å². The van der Waals surface area contributed by atoms with Crippen LogP contribution >= 0.6 is 0 Å². The Hall–Kier alpha value is -1.51. The second-order valence-electron chi connectivity index (χ2n) is 4.58. The van der Waals surface area contributed by atoms with E-state index in [1.54, 1.807) is 12.1 Å². The molecule has 0 bridgehead atoms. The van der Waals surface area contributed by atoms with Crippen molar-refractivity contribution in [2.75, 3.05) is 0 Å². The molecule has 1 aliphatic rings. The summed E-state index contributed by atoms with van der Waals surface area (Å²) in [7, 11) is 0. The Labute approximate surface area is 88.7 Å². The molecule has 1 aromatic rings. The maximum atomic E-state index is 11.0. The lowest BCUT2D eigenvalue weighted by molar-refractivity contribution is 0.0696. The van der Waals surface area contributed by atoms with Crippen molar-refractivity contribution >= 4 is 5.97 Å². The van der Waals surface area contributed by atoms with Crippen LogP contribution in [0.3, 0.4) is 0 Å². The first-order chi connectivity index (χ1) is 6.91. The lowest BCUT2D eigenvalue weighted by Gasteiger charge is -2.17. The molecule has 0 saturated heterocycles. The van der Waals surface area contributed by atoms with E-state index in [2.05, 4.69) is 0 Å². The minimum atomic E-state index is -0.882. The highest BCUT2D eigenvalue weighted by Crippen LogP contribution is 2.39. The van der Waals surface area contributed by atoms with E-state index in [-0.39, 0.29) is 5.60 Å². The summed E-state index contributed by atoms with van der Waals surface area (Å²) in [6.07, 6.45) is 0.658. The van der Waals surface area contributed by atoms with Crippen molar-refractivity contribution < 1.29 is 14.6 Å². The van der Waals surface area contributed by atoms with Gasteiger partial charge in [0.1, 0.15) is 11.4 Å². The highest BCUT2D eigenvalue weighted by molar-refractivity contribution is 5.90. The fourth-order valence-corrected chi connectivity index (χ4v) is 2.00. The van der Waals surface area contributed by atoms with Gasteiger partial charge < -0.3 is 9.84 Å². The maximum Gasteiger partial charge on any atom is 0.336 e. The van der Waals surface area contributed by atoms with Crippen molar-refractivity contribution in [3.8, 4) is 5.75 Å². The normalized spacial score (nSPS) is 17.0. The molecule has 3 heteroatoms. The third kappa shape index (κ3) is 1.58. The molecule has 0 aliphatic carbocycles. The van der Waals surface area contributed by atoms with Crippen LogP contribution in [0.25, 0.3) is 0 Å². The largest absolute Gasteiger partial charge is 0.487 e. The lowest BCUT2D eigenvalue weighted by atomic mass is 9.96. The molecule has 80 valence electrons. The Kier molecular flexibility index (Phi) is 2.00. The van der Waals surface area contributed by atoms with E-state index in [0.717, 1.165) is 16.9 Å². The highest BCUT2D eigenvalue weighted by Gasteiger charge is 2.34. The molecule has 0 radical (unpaired) electrons. The first kappa shape index (κ1) is 10.0. The SMILES string of the molecule is Cc1ccc(C(=O)O)c2c1OC(C)(C)C2. The Morgan fingerprint density at radius 2 is 2.13 bits per heavy atom. The molecule has 0 fully saturated rings. The number of carboxylic acid groups (broad SMARTS) is 1. The van der Waals surface area contributed by atoms with Crippen LogP contribution in [-0.2, 0) is 6.42 Å². The second kappa shape index (κ2) is 2.99. The number of hydrogen-bond donors (Lipinski definition) is 1. The number of aromatic carboxylic acids is 1. The monoisotopic (exact) mass is 206 g/mol. The van der Waals surface area contributed by atoms with Crippen LogP contribution in [0.4, 0.5) is 0 Å². The van der Waals surface area contributed by atoms with Gasteiger partial charge in [0.25, 0.3) is 0 Å². The molecule has 0 aromatic heterocycles. The van der Waals surface area contributed by atoms with E-state index in [1.807, 2.05) is 20.8 Å². The number of rotatable bonds is 1. The number of hydrogen-bond acceptors (Lipinski definition) is 2. The van der Waals surface area contributed by atoms with Crippen LogP contribution in [0, 0.1) is 6.92 Å². The number of carboxylic acids is 1. The minimum Gasteiger partial charge on any atom is -0.487 e. The van der Waals surface area contributed by atoms with Gasteiger partial charge in [-0.05, 0) is 32.4 Å². The van der Waals surface area contributed by atoms with Gasteiger partial charge in [-0.15, -0.1) is 0 Å². The van der Waals surface area contributed by atoms with E-state index in [1.165, 1.54) is 0 Å². The summed E-state index contributed by atoms with van der Waals surface area (Å²) in [5.74, 6) is -0.132. The molecule has 0 amide bonds. The van der Waals surface area contributed by atoms with Gasteiger partial charge in [-0.25, -0.2) is 4.79 Å². The smallest absolute Gasteiger partial charge is 0.336 e. The van der Waals surface area contributed by atoms with E-state index >= 15 is 0 Å². The number of carbonyl (C=O) groups is 1. The van der Waals surface area contributed by atoms with Gasteiger partial charge in [-0.1, -0.05) is 6.07 Å². The van der Waals surface area contributed by atoms with Gasteiger partial charge in [0, 0.05) is 12.0 Å². The van der Waals surface area contributed by atoms with E-state index in [9.17, 15) is 4.79 Å². The molecule has 0 unspecified atom stereocenters. The molecule has 0 atom stereocenters. The predicted molar refractivity (Wildman–Crippen MR) is 56.5 cm³/mol. The molecule has 0 saturated carbocycles. The topological polar surface area (TPSA) is 46.5 Å². The summed E-state index contributed by atoms with van der Waals surface area (Å²) >= 11 is 0. The van der Waals surface area contributed by atoms with Gasteiger partial charge >= 0.3 is 5.97 Å². The van der Waals surface area contributed by atoms with Gasteiger partial charge in [-0.3, -0.25) is 0 Å². The van der Waals surface area contributed by atoms with Gasteiger partial charge in [0.15, 0.2) is 0 Å². The molecular formula is C12H14O3. The third-order valence-corrected chi connectivity index (χ3v) is 2.67. The first-order valence-electron chi connectivity index (χ1n) is 4.95. The zero-order valence-corrected chi connectivity index (χ0v) is 9.13. The Balaban J connectivity index is 2.60. The Morgan fingerprint density at radius 1 is 1.47 bits per heavy atom. The van der Waals surface area contributed by atoms with Gasteiger partial charge in [-0.2, -0.15) is 0 Å². The number of aryl methyl sites for hydroxylation is 1. The van der Waals surface area contributed by atoms with Crippen molar-refractivity contribution in [1.29, 1.82) is 0 Å². The third-order valence-electron chi connectivity index (χ3n) is 2.67. The molecule has 1 aliphatic heterocycles. The molecule has 1 heterocycles. The number of ether oxygens (including phenoxy) is 1. The average Bonchev–Trinajstić information content (AvgIpc) is 2.41. The molecule has 0 spiro atoms. The molecule has 2 rings (SSSR count). The summed E-state index contributed by atoms with van der Waals surface area (Å²) in [6, 6.07) is 3.45. The molecule has 15 heavy (non-hydrogen) atoms. The second-order valence-corrected chi connectivity index (χ2v) is 4.58. The standard InChI is InChI=1S/C12H14O3/c1-7-4-5-8(11(13)14)9-6-12(2,3)15-10(7)9/h4-5H,6H2,1-3H3,(H,13,14). The van der Waals surface area contributed by atoms with Crippen LogP contribution in [0.1, 0.15) is 35.3 Å². The van der Waals surface area contributed by atoms with Crippen LogP contribution in [0.2, 0.25) is 0 Å². The number of fused-ring (bicyclic) bond motifs is 1. The van der Waals surface area contributed by atoms with Crippen LogP contribution in [0.15, 0.2) is 12.1 Å². The first-order valence-corrected chi connectivity index (χ1v) is 4.95. The average molecular weight is 206 g/mol. The van der Waals surface area contributed by atoms with Crippen molar-refractivity contribution in [2.45, 2.75) is 32.8 Å². The van der Waals surface area contributed by atoms with Crippen LogP contribution in [0.5, 0.6) is 5.75 Å². The molecule has 3 nitrogen and oxygen atoms in total. The Bertz CT molecular complexity index is 433. The fourth-order valence-electron chi connectivity index (χ4n) is 2.00. The Morgan fingerprint density at radius 3 is 2.73 bits per heavy atom. The van der Waals surface area contributed by atoms with Gasteiger partial charge in [0.2, 0.25) is 0 Å². The van der Waals surface area contributed by atoms with E-state index < -0.39 is 5.97 Å². The van der Waals surface area contributed by atoms with E-state index in [0.29, 0.717) is 12.0 Å². The molecule has 1 N–H and O–H groups in total. The van der Waals surface area contributed by atoms with Crippen LogP contribution in [-0.4, -0.2) is 16.7 Å². The van der Waals surface area contributed by atoms with Crippen molar-refractivity contribution in [3.05, 3.63) is 28.8 Å². The summed E-state index contributed by atoms with van der Waals surface area (Å²) < 4.78 is 5.75. The minimum absolute atomic E-state index is 0.293. The quantitative estimate of drug-likeness (QED) is 0.767. The molecular weight excluding hydrogens is 192 g/mol. The highest BCUT2D eigenvalue weighted by atomic mass is 16.5. The summed E-state index contributed by atoms with van der Waals surface area (Å²) in [4.78, 5) is 11.0. The van der Waals surface area contributed by atoms with Crippen molar-refractivity contribution in [2.24, 2.45) is 0 Å². The lowest BCUT2D eigenvalue weighted by Crippen LogP contribution is -2.25. The molecule has 1 aromatic carbocycles. The fraction of sp³-hybridized carbons (Fsp3) is 0.417. The maximum absolute atomic E-state index is 11.0. The van der Waals surface area contributed by atoms with Crippen molar-refractivity contribution in [3.63, 3.8) is 0 Å². The summed E-state index contributed by atoms with van der Waals surface area (Å²) in [6.45, 7) is 5.88. The summed E-state index contributed by atoms with van der Waals surface area (Å²) in [5, 5.41) is 9.05. The predicted octanol–water partition coefficient (Wildman–Crippen LogP) is 2.41. The van der Waals surface area contributed by atoms with Crippen LogP contribution < -0.4 is 4.74 Å². The zero-order valence-electron chi connectivity index (χ0n) is 9.13. The van der Waals surface area contributed by atoms with Crippen molar-refractivity contribution in [1.82, 2.24) is 0 Å². The zero-order chi connectivity index (χ0) is 11.2.